The fraction of sp³-hybridized carbons (Fsp3) is 0.467. The SMILES string of the molecule is COC[C@H]1CCCN1C(=O)c1cc(C)cc(C(N)=O)c1. The molecule has 0 saturated carbocycles. The van der Waals surface area contributed by atoms with Gasteiger partial charge in [-0.2, -0.15) is 0 Å². The molecular formula is C15H20N2O3. The van der Waals surface area contributed by atoms with Crippen molar-refractivity contribution in [1.82, 2.24) is 4.90 Å². The summed E-state index contributed by atoms with van der Waals surface area (Å²) in [5.41, 5.74) is 7.04. The summed E-state index contributed by atoms with van der Waals surface area (Å²) in [7, 11) is 1.64. The largest absolute Gasteiger partial charge is 0.383 e. The summed E-state index contributed by atoms with van der Waals surface area (Å²) in [5, 5.41) is 0. The number of aryl methyl sites for hydroxylation is 1. The Hall–Kier alpha value is -1.88. The van der Waals surface area contributed by atoms with E-state index in [2.05, 4.69) is 0 Å². The lowest BCUT2D eigenvalue weighted by Gasteiger charge is -2.24. The highest BCUT2D eigenvalue weighted by Crippen LogP contribution is 2.21. The normalized spacial score (nSPS) is 18.3. The second kappa shape index (κ2) is 6.05. The zero-order chi connectivity index (χ0) is 14.7. The number of likely N-dealkylation sites (tertiary alicyclic amines) is 1. The fourth-order valence-corrected chi connectivity index (χ4v) is 2.68. The van der Waals surface area contributed by atoms with Crippen LogP contribution in [0.2, 0.25) is 0 Å². The third-order valence-corrected chi connectivity index (χ3v) is 3.61. The Morgan fingerprint density at radius 2 is 2.05 bits per heavy atom. The maximum Gasteiger partial charge on any atom is 0.254 e. The molecule has 0 bridgehead atoms. The van der Waals surface area contributed by atoms with Gasteiger partial charge in [-0.05, 0) is 43.5 Å². The first-order valence-electron chi connectivity index (χ1n) is 6.74. The summed E-state index contributed by atoms with van der Waals surface area (Å²) in [6, 6.07) is 5.16. The molecule has 1 heterocycles. The lowest BCUT2D eigenvalue weighted by Crippen LogP contribution is -2.38. The number of nitrogens with two attached hydrogens (primary N) is 1. The van der Waals surface area contributed by atoms with E-state index < -0.39 is 5.91 Å². The second-order valence-electron chi connectivity index (χ2n) is 5.20. The predicted octanol–water partition coefficient (Wildman–Crippen LogP) is 1.34. The molecule has 2 amide bonds. The molecule has 20 heavy (non-hydrogen) atoms. The van der Waals surface area contributed by atoms with Crippen LogP contribution in [0.1, 0.15) is 39.1 Å². The van der Waals surface area contributed by atoms with Crippen molar-refractivity contribution in [1.29, 1.82) is 0 Å². The van der Waals surface area contributed by atoms with E-state index in [0.717, 1.165) is 24.9 Å². The topological polar surface area (TPSA) is 72.6 Å². The first-order chi connectivity index (χ1) is 9.52. The molecule has 0 unspecified atom stereocenters. The zero-order valence-electron chi connectivity index (χ0n) is 11.9. The third kappa shape index (κ3) is 2.99. The van der Waals surface area contributed by atoms with Crippen molar-refractivity contribution in [2.75, 3.05) is 20.3 Å². The van der Waals surface area contributed by atoms with Crippen LogP contribution in [0.5, 0.6) is 0 Å². The predicted molar refractivity (Wildman–Crippen MR) is 75.6 cm³/mol. The number of primary amides is 1. The summed E-state index contributed by atoms with van der Waals surface area (Å²) in [5.74, 6) is -0.576. The number of rotatable bonds is 4. The van der Waals surface area contributed by atoms with Gasteiger partial charge >= 0.3 is 0 Å². The fourth-order valence-electron chi connectivity index (χ4n) is 2.68. The van der Waals surface area contributed by atoms with E-state index in [1.54, 1.807) is 25.3 Å². The molecule has 5 heteroatoms. The highest BCUT2D eigenvalue weighted by molar-refractivity contribution is 5.99. The number of ether oxygens (including phenoxy) is 1. The van der Waals surface area contributed by atoms with Crippen molar-refractivity contribution in [3.63, 3.8) is 0 Å². The molecule has 1 aromatic carbocycles. The minimum Gasteiger partial charge on any atom is -0.383 e. The van der Waals surface area contributed by atoms with Crippen molar-refractivity contribution in [2.24, 2.45) is 5.73 Å². The Balaban J connectivity index is 2.26. The average molecular weight is 276 g/mol. The Morgan fingerprint density at radius 1 is 1.35 bits per heavy atom. The number of hydrogen-bond donors (Lipinski definition) is 1. The van der Waals surface area contributed by atoms with E-state index in [1.165, 1.54) is 0 Å². The van der Waals surface area contributed by atoms with Gasteiger partial charge in [-0.1, -0.05) is 0 Å². The second-order valence-corrected chi connectivity index (χ2v) is 5.20. The zero-order valence-corrected chi connectivity index (χ0v) is 11.9. The maximum absolute atomic E-state index is 12.6. The summed E-state index contributed by atoms with van der Waals surface area (Å²) in [6.45, 7) is 3.12. The first-order valence-corrected chi connectivity index (χ1v) is 6.74. The molecule has 5 nitrogen and oxygen atoms in total. The molecule has 1 aliphatic heterocycles. The lowest BCUT2D eigenvalue weighted by molar-refractivity contribution is 0.0630. The lowest BCUT2D eigenvalue weighted by atomic mass is 10.0. The van der Waals surface area contributed by atoms with Crippen molar-refractivity contribution in [2.45, 2.75) is 25.8 Å². The van der Waals surface area contributed by atoms with Gasteiger partial charge in [0.15, 0.2) is 0 Å². The van der Waals surface area contributed by atoms with Crippen molar-refractivity contribution >= 4 is 11.8 Å². The van der Waals surface area contributed by atoms with Crippen molar-refractivity contribution in [3.8, 4) is 0 Å². The van der Waals surface area contributed by atoms with Crippen LogP contribution < -0.4 is 5.73 Å². The molecule has 0 aliphatic carbocycles. The van der Waals surface area contributed by atoms with E-state index in [1.807, 2.05) is 11.8 Å². The number of hydrogen-bond acceptors (Lipinski definition) is 3. The van der Waals surface area contributed by atoms with Crippen molar-refractivity contribution < 1.29 is 14.3 Å². The number of benzene rings is 1. The van der Waals surface area contributed by atoms with Gasteiger partial charge in [-0.15, -0.1) is 0 Å². The number of carbonyl (C=O) groups excluding carboxylic acids is 2. The minimum atomic E-state index is -0.516. The van der Waals surface area contributed by atoms with E-state index in [9.17, 15) is 9.59 Å². The van der Waals surface area contributed by atoms with Gasteiger partial charge in [0, 0.05) is 24.8 Å². The number of methoxy groups -OCH3 is 1. The van der Waals surface area contributed by atoms with E-state index >= 15 is 0 Å². The van der Waals surface area contributed by atoms with Crippen LogP contribution in [0.4, 0.5) is 0 Å². The Kier molecular flexibility index (Phi) is 4.39. The van der Waals surface area contributed by atoms with Crippen LogP contribution >= 0.6 is 0 Å². The van der Waals surface area contributed by atoms with Gasteiger partial charge in [0.1, 0.15) is 0 Å². The Labute approximate surface area is 118 Å². The Bertz CT molecular complexity index is 528. The molecule has 1 aliphatic rings. The molecule has 2 N–H and O–H groups in total. The molecule has 108 valence electrons. The smallest absolute Gasteiger partial charge is 0.254 e. The summed E-state index contributed by atoms with van der Waals surface area (Å²) in [4.78, 5) is 25.7. The molecular weight excluding hydrogens is 256 g/mol. The van der Waals surface area contributed by atoms with Crippen molar-refractivity contribution in [3.05, 3.63) is 34.9 Å². The van der Waals surface area contributed by atoms with Crippen LogP contribution in [-0.4, -0.2) is 43.0 Å². The molecule has 1 saturated heterocycles. The van der Waals surface area contributed by atoms with E-state index in [0.29, 0.717) is 17.7 Å². The monoisotopic (exact) mass is 276 g/mol. The summed E-state index contributed by atoms with van der Waals surface area (Å²) in [6.07, 6.45) is 1.93. The van der Waals surface area contributed by atoms with Crippen LogP contribution in [-0.2, 0) is 4.74 Å². The van der Waals surface area contributed by atoms with E-state index in [4.69, 9.17) is 10.5 Å². The highest BCUT2D eigenvalue weighted by Gasteiger charge is 2.29. The van der Waals surface area contributed by atoms with Gasteiger partial charge in [0.2, 0.25) is 5.91 Å². The molecule has 1 fully saturated rings. The molecule has 1 atom stereocenters. The van der Waals surface area contributed by atoms with Gasteiger partial charge in [-0.25, -0.2) is 0 Å². The average Bonchev–Trinajstić information content (AvgIpc) is 2.85. The van der Waals surface area contributed by atoms with Gasteiger partial charge in [0.05, 0.1) is 12.6 Å². The van der Waals surface area contributed by atoms with Crippen LogP contribution in [0.25, 0.3) is 0 Å². The quantitative estimate of drug-likeness (QED) is 0.902. The van der Waals surface area contributed by atoms with Crippen LogP contribution in [0.3, 0.4) is 0 Å². The molecule has 0 aromatic heterocycles. The van der Waals surface area contributed by atoms with Crippen LogP contribution in [0, 0.1) is 6.92 Å². The van der Waals surface area contributed by atoms with E-state index in [-0.39, 0.29) is 11.9 Å². The summed E-state index contributed by atoms with van der Waals surface area (Å²) >= 11 is 0. The van der Waals surface area contributed by atoms with Gasteiger partial charge < -0.3 is 15.4 Å². The number of nitrogens with zero attached hydrogens (tertiary/aromatic N) is 1. The maximum atomic E-state index is 12.6. The standard InChI is InChI=1S/C15H20N2O3/c1-10-6-11(14(16)18)8-12(7-10)15(19)17-5-3-4-13(17)9-20-2/h6-8,13H,3-5,9H2,1-2H3,(H2,16,18)/t13-/m1/s1. The first kappa shape index (κ1) is 14.5. The molecule has 0 radical (unpaired) electrons. The van der Waals surface area contributed by atoms with Gasteiger partial charge in [-0.3, -0.25) is 9.59 Å². The molecule has 1 aromatic rings. The number of amides is 2. The third-order valence-electron chi connectivity index (χ3n) is 3.61. The molecule has 0 spiro atoms. The molecule has 2 rings (SSSR count). The number of carbonyl (C=O) groups is 2. The highest BCUT2D eigenvalue weighted by atomic mass is 16.5. The Morgan fingerprint density at radius 3 is 2.70 bits per heavy atom. The minimum absolute atomic E-state index is 0.0595. The summed E-state index contributed by atoms with van der Waals surface area (Å²) < 4.78 is 5.16. The van der Waals surface area contributed by atoms with Crippen LogP contribution in [0.15, 0.2) is 18.2 Å². The van der Waals surface area contributed by atoms with Gasteiger partial charge in [0.25, 0.3) is 5.91 Å².